The number of hydrogen-bond donors (Lipinski definition) is 1. The summed E-state index contributed by atoms with van der Waals surface area (Å²) >= 11 is 0. The van der Waals surface area contributed by atoms with Crippen molar-refractivity contribution in [1.82, 2.24) is 10.2 Å². The maximum atomic E-state index is 5.67. The van der Waals surface area contributed by atoms with E-state index in [9.17, 15) is 0 Å². The molecule has 0 aromatic heterocycles. The van der Waals surface area contributed by atoms with E-state index >= 15 is 0 Å². The van der Waals surface area contributed by atoms with Crippen molar-refractivity contribution in [1.29, 1.82) is 0 Å². The van der Waals surface area contributed by atoms with Crippen LogP contribution in [0.2, 0.25) is 0 Å². The Morgan fingerprint density at radius 2 is 2.17 bits per heavy atom. The molecular weight excluding hydrogens is 224 g/mol. The summed E-state index contributed by atoms with van der Waals surface area (Å²) in [5, 5.41) is 3.61. The fourth-order valence-corrected chi connectivity index (χ4v) is 3.14. The molecule has 3 heteroatoms. The van der Waals surface area contributed by atoms with Gasteiger partial charge in [-0.15, -0.1) is 0 Å². The molecule has 2 rings (SSSR count). The highest BCUT2D eigenvalue weighted by Crippen LogP contribution is 2.31. The third-order valence-corrected chi connectivity index (χ3v) is 4.47. The van der Waals surface area contributed by atoms with Gasteiger partial charge < -0.3 is 15.0 Å². The van der Waals surface area contributed by atoms with Gasteiger partial charge in [0.2, 0.25) is 0 Å². The van der Waals surface area contributed by atoms with Crippen molar-refractivity contribution in [2.24, 2.45) is 11.3 Å². The highest BCUT2D eigenvalue weighted by atomic mass is 16.5. The molecule has 0 radical (unpaired) electrons. The van der Waals surface area contributed by atoms with Crippen molar-refractivity contribution in [3.8, 4) is 0 Å². The second-order valence-corrected chi connectivity index (χ2v) is 6.83. The largest absolute Gasteiger partial charge is 0.381 e. The van der Waals surface area contributed by atoms with Crippen LogP contribution in [0.5, 0.6) is 0 Å². The van der Waals surface area contributed by atoms with Gasteiger partial charge in [0.1, 0.15) is 0 Å². The quantitative estimate of drug-likeness (QED) is 0.753. The lowest BCUT2D eigenvalue weighted by Gasteiger charge is -2.36. The number of rotatable bonds is 7. The zero-order valence-electron chi connectivity index (χ0n) is 12.4. The Bertz CT molecular complexity index is 245. The van der Waals surface area contributed by atoms with Crippen LogP contribution in [0.1, 0.15) is 39.5 Å². The first-order valence-electron chi connectivity index (χ1n) is 7.59. The molecule has 1 atom stereocenters. The van der Waals surface area contributed by atoms with E-state index in [0.29, 0.717) is 11.5 Å². The van der Waals surface area contributed by atoms with Crippen LogP contribution in [-0.4, -0.2) is 50.8 Å². The summed E-state index contributed by atoms with van der Waals surface area (Å²) in [5.41, 5.74) is 0.350. The van der Waals surface area contributed by atoms with Crippen LogP contribution in [0.4, 0.5) is 0 Å². The molecule has 0 spiro atoms. The summed E-state index contributed by atoms with van der Waals surface area (Å²) in [4.78, 5) is 2.54. The van der Waals surface area contributed by atoms with Crippen molar-refractivity contribution in [2.45, 2.75) is 45.6 Å². The zero-order valence-corrected chi connectivity index (χ0v) is 12.4. The van der Waals surface area contributed by atoms with Gasteiger partial charge in [0, 0.05) is 37.7 Å². The van der Waals surface area contributed by atoms with Crippen LogP contribution in [0.3, 0.4) is 0 Å². The van der Waals surface area contributed by atoms with Gasteiger partial charge >= 0.3 is 0 Å². The maximum absolute atomic E-state index is 5.67. The molecule has 1 N–H and O–H groups in total. The first-order valence-corrected chi connectivity index (χ1v) is 7.59. The van der Waals surface area contributed by atoms with E-state index in [0.717, 1.165) is 25.7 Å². The molecule has 18 heavy (non-hydrogen) atoms. The van der Waals surface area contributed by atoms with Gasteiger partial charge in [0.15, 0.2) is 0 Å². The summed E-state index contributed by atoms with van der Waals surface area (Å²) in [6.07, 6.45) is 5.54. The summed E-state index contributed by atoms with van der Waals surface area (Å²) in [6, 6.07) is 0.569. The third-order valence-electron chi connectivity index (χ3n) is 4.47. The molecule has 2 aliphatic rings. The molecule has 0 aromatic carbocycles. The Hall–Kier alpha value is -0.120. The predicted molar refractivity (Wildman–Crippen MR) is 75.8 cm³/mol. The van der Waals surface area contributed by atoms with Gasteiger partial charge in [-0.2, -0.15) is 0 Å². The minimum atomic E-state index is 0.350. The van der Waals surface area contributed by atoms with Crippen molar-refractivity contribution in [2.75, 3.05) is 39.9 Å². The van der Waals surface area contributed by atoms with Gasteiger partial charge in [-0.3, -0.25) is 0 Å². The summed E-state index contributed by atoms with van der Waals surface area (Å²) < 4.78 is 5.67. The molecule has 0 bridgehead atoms. The lowest BCUT2D eigenvalue weighted by atomic mass is 9.83. The Morgan fingerprint density at radius 1 is 1.39 bits per heavy atom. The van der Waals surface area contributed by atoms with Gasteiger partial charge in [0.25, 0.3) is 0 Å². The third kappa shape index (κ3) is 3.94. The number of nitrogens with zero attached hydrogens (tertiary/aromatic N) is 1. The minimum absolute atomic E-state index is 0.350. The van der Waals surface area contributed by atoms with E-state index in [1.54, 1.807) is 0 Å². The Labute approximate surface area is 112 Å². The van der Waals surface area contributed by atoms with E-state index in [-0.39, 0.29) is 0 Å². The number of nitrogens with one attached hydrogen (secondary N) is 1. The molecule has 0 amide bonds. The van der Waals surface area contributed by atoms with E-state index in [1.165, 1.54) is 38.8 Å². The first-order chi connectivity index (χ1) is 8.60. The molecule has 106 valence electrons. The van der Waals surface area contributed by atoms with Crippen molar-refractivity contribution >= 4 is 0 Å². The Balaban J connectivity index is 1.80. The summed E-state index contributed by atoms with van der Waals surface area (Å²) in [7, 11) is 2.29. The molecule has 1 saturated carbocycles. The van der Waals surface area contributed by atoms with Crippen molar-refractivity contribution < 1.29 is 4.74 Å². The molecular formula is C15H30N2O. The van der Waals surface area contributed by atoms with Crippen LogP contribution in [-0.2, 0) is 4.74 Å². The standard InChI is InChI=1S/C15H30N2O/c1-13(2)16-10-15(7-8-18-12-15)11-17(3)9-14-5-4-6-14/h13-14,16H,4-12H2,1-3H3. The lowest BCUT2D eigenvalue weighted by Crippen LogP contribution is -2.46. The van der Waals surface area contributed by atoms with E-state index in [2.05, 4.69) is 31.1 Å². The lowest BCUT2D eigenvalue weighted by molar-refractivity contribution is 0.101. The van der Waals surface area contributed by atoms with Crippen LogP contribution in [0.15, 0.2) is 0 Å². The van der Waals surface area contributed by atoms with Crippen LogP contribution in [0, 0.1) is 11.3 Å². The molecule has 2 fully saturated rings. The number of ether oxygens (including phenoxy) is 1. The molecule has 1 aliphatic heterocycles. The predicted octanol–water partition coefficient (Wildman–Crippen LogP) is 2.12. The van der Waals surface area contributed by atoms with E-state index in [1.807, 2.05) is 0 Å². The SMILES string of the molecule is CC(C)NCC1(CN(C)CC2CCC2)CCOC1. The first kappa shape index (κ1) is 14.3. The van der Waals surface area contributed by atoms with Gasteiger partial charge in [0.05, 0.1) is 6.61 Å². The highest BCUT2D eigenvalue weighted by Gasteiger charge is 2.36. The minimum Gasteiger partial charge on any atom is -0.381 e. The maximum Gasteiger partial charge on any atom is 0.0547 e. The zero-order chi connectivity index (χ0) is 13.0. The van der Waals surface area contributed by atoms with Crippen molar-refractivity contribution in [3.63, 3.8) is 0 Å². The second-order valence-electron chi connectivity index (χ2n) is 6.83. The fraction of sp³-hybridized carbons (Fsp3) is 1.00. The van der Waals surface area contributed by atoms with Gasteiger partial charge in [-0.1, -0.05) is 20.3 Å². The van der Waals surface area contributed by atoms with Crippen LogP contribution in [0.25, 0.3) is 0 Å². The van der Waals surface area contributed by atoms with Crippen LogP contribution < -0.4 is 5.32 Å². The normalized spacial score (nSPS) is 29.2. The van der Waals surface area contributed by atoms with Gasteiger partial charge in [-0.25, -0.2) is 0 Å². The monoisotopic (exact) mass is 254 g/mol. The molecule has 1 aliphatic carbocycles. The summed E-state index contributed by atoms with van der Waals surface area (Å²) in [6.45, 7) is 9.88. The van der Waals surface area contributed by atoms with Crippen molar-refractivity contribution in [3.05, 3.63) is 0 Å². The average Bonchev–Trinajstić information content (AvgIpc) is 2.70. The van der Waals surface area contributed by atoms with Crippen LogP contribution >= 0.6 is 0 Å². The smallest absolute Gasteiger partial charge is 0.0547 e. The Morgan fingerprint density at radius 3 is 2.67 bits per heavy atom. The van der Waals surface area contributed by atoms with E-state index in [4.69, 9.17) is 4.74 Å². The number of hydrogen-bond acceptors (Lipinski definition) is 3. The molecule has 1 heterocycles. The Kier molecular flexibility index (Phi) is 5.05. The molecule has 0 aromatic rings. The van der Waals surface area contributed by atoms with E-state index < -0.39 is 0 Å². The molecule has 1 saturated heterocycles. The fourth-order valence-electron chi connectivity index (χ4n) is 3.14. The molecule has 1 unspecified atom stereocenters. The topological polar surface area (TPSA) is 24.5 Å². The molecule has 3 nitrogen and oxygen atoms in total. The highest BCUT2D eigenvalue weighted by molar-refractivity contribution is 4.89. The summed E-state index contributed by atoms with van der Waals surface area (Å²) in [5.74, 6) is 0.965. The van der Waals surface area contributed by atoms with Gasteiger partial charge in [-0.05, 0) is 32.2 Å². The average molecular weight is 254 g/mol. The second kappa shape index (κ2) is 6.36.